The summed E-state index contributed by atoms with van der Waals surface area (Å²) in [5.41, 5.74) is 4.13. The van der Waals surface area contributed by atoms with Crippen LogP contribution in [-0.2, 0) is 4.79 Å². The maximum Gasteiger partial charge on any atom is 0.238 e. The summed E-state index contributed by atoms with van der Waals surface area (Å²) < 4.78 is 0. The van der Waals surface area contributed by atoms with Crippen molar-refractivity contribution in [3.8, 4) is 0 Å². The van der Waals surface area contributed by atoms with E-state index in [1.807, 2.05) is 0 Å². The minimum absolute atomic E-state index is 0.0521. The Morgan fingerprint density at radius 3 is 2.71 bits per heavy atom. The van der Waals surface area contributed by atoms with Gasteiger partial charge >= 0.3 is 0 Å². The van der Waals surface area contributed by atoms with Crippen LogP contribution >= 0.6 is 0 Å². The summed E-state index contributed by atoms with van der Waals surface area (Å²) in [7, 11) is 0. The first-order chi connectivity index (χ1) is 9.87. The Hall–Kier alpha value is -1.35. The van der Waals surface area contributed by atoms with E-state index in [1.54, 1.807) is 0 Å². The number of carbonyl (C=O) groups is 1. The number of rotatable bonds is 2. The van der Waals surface area contributed by atoms with Gasteiger partial charge in [-0.15, -0.1) is 0 Å². The summed E-state index contributed by atoms with van der Waals surface area (Å²) >= 11 is 0. The van der Waals surface area contributed by atoms with Gasteiger partial charge in [0.25, 0.3) is 0 Å². The van der Waals surface area contributed by atoms with Crippen LogP contribution in [0.5, 0.6) is 0 Å². The summed E-state index contributed by atoms with van der Waals surface area (Å²) in [5, 5.41) is 3.42. The summed E-state index contributed by atoms with van der Waals surface area (Å²) in [4.78, 5) is 14.5. The van der Waals surface area contributed by atoms with Gasteiger partial charge < -0.3 is 4.90 Å². The lowest BCUT2D eigenvalue weighted by Gasteiger charge is -2.32. The number of hydrogen-bond donors (Lipinski definition) is 1. The molecule has 2 atom stereocenters. The molecule has 114 valence electrons. The van der Waals surface area contributed by atoms with Gasteiger partial charge in [0.15, 0.2) is 0 Å². The second-order valence-corrected chi connectivity index (χ2v) is 7.51. The maximum atomic E-state index is 12.4. The average Bonchev–Trinajstić information content (AvgIpc) is 2.95. The molecule has 1 aromatic carbocycles. The number of nitrogens with zero attached hydrogens (tertiary/aromatic N) is 1. The molecule has 0 spiro atoms. The molecule has 2 unspecified atom stereocenters. The molecule has 1 aliphatic heterocycles. The third kappa shape index (κ3) is 2.71. The Morgan fingerprint density at radius 1 is 1.29 bits per heavy atom. The zero-order valence-electron chi connectivity index (χ0n) is 13.6. The Labute approximate surface area is 127 Å². The number of benzene rings is 1. The monoisotopic (exact) mass is 286 g/mol. The third-order valence-corrected chi connectivity index (χ3v) is 5.08. The molecule has 3 rings (SSSR count). The standard InChI is InChI=1S/C18H26N2O/c1-12-5-6-13(2)15(9-12)17-19-11-16(21)20(17)14-7-8-18(3,4)10-14/h5-6,9,14,17,19H,7-8,10-11H2,1-4H3. The molecule has 1 saturated carbocycles. The summed E-state index contributed by atoms with van der Waals surface area (Å²) in [6, 6.07) is 6.90. The smallest absolute Gasteiger partial charge is 0.238 e. The van der Waals surface area contributed by atoms with Crippen LogP contribution in [-0.4, -0.2) is 23.4 Å². The molecular formula is C18H26N2O. The molecule has 1 N–H and O–H groups in total. The molecule has 0 aromatic heterocycles. The van der Waals surface area contributed by atoms with Crippen molar-refractivity contribution >= 4 is 5.91 Å². The van der Waals surface area contributed by atoms with E-state index in [-0.39, 0.29) is 12.1 Å². The summed E-state index contributed by atoms with van der Waals surface area (Å²) in [6.07, 6.45) is 3.50. The van der Waals surface area contributed by atoms with Crippen LogP contribution in [0.4, 0.5) is 0 Å². The van der Waals surface area contributed by atoms with E-state index in [0.717, 1.165) is 12.8 Å². The van der Waals surface area contributed by atoms with E-state index in [9.17, 15) is 4.79 Å². The van der Waals surface area contributed by atoms with Crippen molar-refractivity contribution in [2.45, 2.75) is 59.2 Å². The highest BCUT2D eigenvalue weighted by Crippen LogP contribution is 2.42. The molecule has 0 bridgehead atoms. The van der Waals surface area contributed by atoms with E-state index >= 15 is 0 Å². The predicted octanol–water partition coefficient (Wildman–Crippen LogP) is 3.31. The highest BCUT2D eigenvalue weighted by molar-refractivity contribution is 5.81. The fourth-order valence-corrected chi connectivity index (χ4v) is 3.88. The highest BCUT2D eigenvalue weighted by atomic mass is 16.2. The molecule has 2 aliphatic rings. The average molecular weight is 286 g/mol. The first-order valence-electron chi connectivity index (χ1n) is 7.99. The topological polar surface area (TPSA) is 32.3 Å². The van der Waals surface area contributed by atoms with Gasteiger partial charge in [0, 0.05) is 6.04 Å². The van der Waals surface area contributed by atoms with Crippen molar-refractivity contribution in [2.75, 3.05) is 6.54 Å². The first-order valence-corrected chi connectivity index (χ1v) is 7.99. The number of amides is 1. The van der Waals surface area contributed by atoms with Crippen molar-refractivity contribution in [2.24, 2.45) is 5.41 Å². The second-order valence-electron chi connectivity index (χ2n) is 7.51. The van der Waals surface area contributed by atoms with Crippen LogP contribution in [0.15, 0.2) is 18.2 Å². The van der Waals surface area contributed by atoms with E-state index in [0.29, 0.717) is 18.0 Å². The van der Waals surface area contributed by atoms with Gasteiger partial charge in [-0.1, -0.05) is 37.6 Å². The van der Waals surface area contributed by atoms with Crippen molar-refractivity contribution in [1.82, 2.24) is 10.2 Å². The Kier molecular flexibility index (Phi) is 3.56. The molecule has 3 nitrogen and oxygen atoms in total. The quantitative estimate of drug-likeness (QED) is 0.904. The molecule has 1 heterocycles. The lowest BCUT2D eigenvalue weighted by molar-refractivity contribution is -0.130. The molecule has 1 amide bonds. The van der Waals surface area contributed by atoms with Gasteiger partial charge in [-0.2, -0.15) is 0 Å². The van der Waals surface area contributed by atoms with Crippen LogP contribution in [0.2, 0.25) is 0 Å². The number of nitrogens with one attached hydrogen (secondary N) is 1. The molecule has 1 aromatic rings. The summed E-state index contributed by atoms with van der Waals surface area (Å²) in [6.45, 7) is 9.34. The van der Waals surface area contributed by atoms with Gasteiger partial charge in [-0.25, -0.2) is 0 Å². The zero-order chi connectivity index (χ0) is 15.2. The normalized spacial score (nSPS) is 28.4. The van der Waals surface area contributed by atoms with Crippen LogP contribution in [0, 0.1) is 19.3 Å². The predicted molar refractivity (Wildman–Crippen MR) is 84.9 cm³/mol. The van der Waals surface area contributed by atoms with E-state index < -0.39 is 0 Å². The van der Waals surface area contributed by atoms with Gasteiger partial charge in [-0.3, -0.25) is 10.1 Å². The number of aryl methyl sites for hydroxylation is 2. The fourth-order valence-electron chi connectivity index (χ4n) is 3.88. The first kappa shape index (κ1) is 14.6. The number of hydrogen-bond acceptors (Lipinski definition) is 2. The molecule has 1 saturated heterocycles. The SMILES string of the molecule is Cc1ccc(C)c(C2NCC(=O)N2C2CCC(C)(C)C2)c1. The summed E-state index contributed by atoms with van der Waals surface area (Å²) in [5.74, 6) is 0.253. The Balaban J connectivity index is 1.91. The lowest BCUT2D eigenvalue weighted by Crippen LogP contribution is -2.39. The molecule has 21 heavy (non-hydrogen) atoms. The highest BCUT2D eigenvalue weighted by Gasteiger charge is 2.42. The van der Waals surface area contributed by atoms with Gasteiger partial charge in [-0.05, 0) is 49.7 Å². The van der Waals surface area contributed by atoms with Crippen LogP contribution in [0.25, 0.3) is 0 Å². The van der Waals surface area contributed by atoms with Gasteiger partial charge in [0.1, 0.15) is 6.17 Å². The Morgan fingerprint density at radius 2 is 2.05 bits per heavy atom. The van der Waals surface area contributed by atoms with Gasteiger partial charge in [0.05, 0.1) is 6.54 Å². The van der Waals surface area contributed by atoms with Crippen molar-refractivity contribution in [3.63, 3.8) is 0 Å². The lowest BCUT2D eigenvalue weighted by atomic mass is 9.91. The van der Waals surface area contributed by atoms with Crippen LogP contribution < -0.4 is 5.32 Å². The third-order valence-electron chi connectivity index (χ3n) is 5.08. The van der Waals surface area contributed by atoms with E-state index in [2.05, 4.69) is 56.1 Å². The second kappa shape index (κ2) is 5.13. The molecular weight excluding hydrogens is 260 g/mol. The van der Waals surface area contributed by atoms with Gasteiger partial charge in [0.2, 0.25) is 5.91 Å². The molecule has 2 fully saturated rings. The van der Waals surface area contributed by atoms with Crippen LogP contribution in [0.3, 0.4) is 0 Å². The zero-order valence-corrected chi connectivity index (χ0v) is 13.6. The van der Waals surface area contributed by atoms with E-state index in [4.69, 9.17) is 0 Å². The molecule has 1 aliphatic carbocycles. The number of carbonyl (C=O) groups excluding carboxylic acids is 1. The van der Waals surface area contributed by atoms with Crippen molar-refractivity contribution in [1.29, 1.82) is 0 Å². The Bertz CT molecular complexity index is 564. The minimum atomic E-state index is 0.0521. The molecule has 0 radical (unpaired) electrons. The fraction of sp³-hybridized carbons (Fsp3) is 0.611. The van der Waals surface area contributed by atoms with Crippen molar-refractivity contribution < 1.29 is 4.79 Å². The maximum absolute atomic E-state index is 12.4. The largest absolute Gasteiger partial charge is 0.319 e. The van der Waals surface area contributed by atoms with Crippen molar-refractivity contribution in [3.05, 3.63) is 34.9 Å². The molecule has 3 heteroatoms. The van der Waals surface area contributed by atoms with Crippen LogP contribution in [0.1, 0.15) is 56.0 Å². The van der Waals surface area contributed by atoms with E-state index in [1.165, 1.54) is 23.1 Å². The minimum Gasteiger partial charge on any atom is -0.319 e.